The number of carbonyl (C=O) groups excluding carboxylic acids is 1. The zero-order chi connectivity index (χ0) is 10.9. The van der Waals surface area contributed by atoms with Gasteiger partial charge < -0.3 is 10.2 Å². The van der Waals surface area contributed by atoms with Crippen molar-refractivity contribution in [2.24, 2.45) is 0 Å². The zero-order valence-electron chi connectivity index (χ0n) is 9.30. The fraction of sp³-hybridized carbons (Fsp3) is 0.750. The summed E-state index contributed by atoms with van der Waals surface area (Å²) in [6, 6.07) is 0. The van der Waals surface area contributed by atoms with Crippen LogP contribution in [0.5, 0.6) is 0 Å². The predicted molar refractivity (Wildman–Crippen MR) is 61.4 cm³/mol. The summed E-state index contributed by atoms with van der Waals surface area (Å²) in [7, 11) is 0. The summed E-state index contributed by atoms with van der Waals surface area (Å²) in [5, 5.41) is 3.13. The molecule has 1 heterocycles. The Bertz CT molecular complexity index is 226. The van der Waals surface area contributed by atoms with E-state index in [2.05, 4.69) is 11.2 Å². The van der Waals surface area contributed by atoms with Crippen molar-refractivity contribution < 1.29 is 4.79 Å². The molecule has 1 rings (SSSR count). The second-order valence-corrected chi connectivity index (χ2v) is 3.93. The van der Waals surface area contributed by atoms with E-state index in [1.807, 2.05) is 4.90 Å². The van der Waals surface area contributed by atoms with Crippen LogP contribution in [0.15, 0.2) is 0 Å². The van der Waals surface area contributed by atoms with E-state index in [0.29, 0.717) is 6.54 Å². The van der Waals surface area contributed by atoms with Crippen LogP contribution >= 0.6 is 0 Å². The van der Waals surface area contributed by atoms with Crippen LogP contribution in [0.4, 0.5) is 0 Å². The minimum Gasteiger partial charge on any atom is -0.342 e. The number of carbonyl (C=O) groups is 1. The molecule has 1 amide bonds. The number of hydrogen-bond acceptors (Lipinski definition) is 2. The van der Waals surface area contributed by atoms with Gasteiger partial charge in [0, 0.05) is 19.5 Å². The standard InChI is InChI=1S/C12H20N2O/c1-2-3-5-8-13-11-12(15)14-9-6-4-7-10-14/h1,13H,3-11H2. The number of nitrogens with zero attached hydrogens (tertiary/aromatic N) is 1. The van der Waals surface area contributed by atoms with Gasteiger partial charge in [-0.2, -0.15) is 0 Å². The van der Waals surface area contributed by atoms with Crippen molar-refractivity contribution in [2.45, 2.75) is 32.1 Å². The van der Waals surface area contributed by atoms with Gasteiger partial charge in [-0.1, -0.05) is 0 Å². The molecule has 0 saturated carbocycles. The molecule has 84 valence electrons. The molecule has 1 N–H and O–H groups in total. The first-order valence-corrected chi connectivity index (χ1v) is 5.76. The molecular weight excluding hydrogens is 188 g/mol. The molecule has 0 bridgehead atoms. The lowest BCUT2D eigenvalue weighted by atomic mass is 10.1. The molecule has 1 aliphatic heterocycles. The quantitative estimate of drug-likeness (QED) is 0.540. The largest absolute Gasteiger partial charge is 0.342 e. The number of nitrogens with one attached hydrogen (secondary N) is 1. The lowest BCUT2D eigenvalue weighted by molar-refractivity contribution is -0.131. The van der Waals surface area contributed by atoms with Gasteiger partial charge in [-0.15, -0.1) is 12.3 Å². The average Bonchev–Trinajstić information content (AvgIpc) is 2.30. The van der Waals surface area contributed by atoms with Gasteiger partial charge in [0.2, 0.25) is 5.91 Å². The molecule has 0 atom stereocenters. The van der Waals surface area contributed by atoms with Crippen LogP contribution in [-0.4, -0.2) is 37.0 Å². The molecule has 15 heavy (non-hydrogen) atoms. The van der Waals surface area contributed by atoms with Crippen LogP contribution in [0.1, 0.15) is 32.1 Å². The Kier molecular flexibility index (Phi) is 5.87. The first kappa shape index (κ1) is 12.1. The molecular formula is C12H20N2O. The van der Waals surface area contributed by atoms with Crippen LogP contribution in [0, 0.1) is 12.3 Å². The van der Waals surface area contributed by atoms with Crippen LogP contribution in [0.3, 0.4) is 0 Å². The fourth-order valence-corrected chi connectivity index (χ4v) is 1.77. The van der Waals surface area contributed by atoms with Gasteiger partial charge in [0.05, 0.1) is 6.54 Å². The van der Waals surface area contributed by atoms with E-state index in [4.69, 9.17) is 6.42 Å². The molecule has 0 aliphatic carbocycles. The summed E-state index contributed by atoms with van der Waals surface area (Å²) in [5.74, 6) is 2.82. The lowest BCUT2D eigenvalue weighted by Gasteiger charge is -2.26. The SMILES string of the molecule is C#CCCCNCC(=O)N1CCCCC1. The van der Waals surface area contributed by atoms with Crippen molar-refractivity contribution in [3.05, 3.63) is 0 Å². The van der Waals surface area contributed by atoms with Crippen LogP contribution in [0.25, 0.3) is 0 Å². The topological polar surface area (TPSA) is 32.3 Å². The van der Waals surface area contributed by atoms with E-state index in [-0.39, 0.29) is 5.91 Å². The van der Waals surface area contributed by atoms with Gasteiger partial charge in [-0.25, -0.2) is 0 Å². The smallest absolute Gasteiger partial charge is 0.236 e. The Hall–Kier alpha value is -1.01. The third kappa shape index (κ3) is 4.85. The Morgan fingerprint density at radius 3 is 2.73 bits per heavy atom. The molecule has 1 fully saturated rings. The number of rotatable bonds is 5. The van der Waals surface area contributed by atoms with Crippen molar-refractivity contribution in [3.8, 4) is 12.3 Å². The van der Waals surface area contributed by atoms with Gasteiger partial charge in [0.1, 0.15) is 0 Å². The molecule has 0 aromatic heterocycles. The lowest BCUT2D eigenvalue weighted by Crippen LogP contribution is -2.41. The summed E-state index contributed by atoms with van der Waals surface area (Å²) in [5.41, 5.74) is 0. The number of terminal acetylenes is 1. The van der Waals surface area contributed by atoms with Crippen molar-refractivity contribution >= 4 is 5.91 Å². The van der Waals surface area contributed by atoms with Gasteiger partial charge >= 0.3 is 0 Å². The molecule has 0 unspecified atom stereocenters. The van der Waals surface area contributed by atoms with Crippen LogP contribution < -0.4 is 5.32 Å². The number of unbranched alkanes of at least 4 members (excludes halogenated alkanes) is 1. The second-order valence-electron chi connectivity index (χ2n) is 3.93. The highest BCUT2D eigenvalue weighted by atomic mass is 16.2. The van der Waals surface area contributed by atoms with E-state index >= 15 is 0 Å². The highest BCUT2D eigenvalue weighted by molar-refractivity contribution is 5.78. The second kappa shape index (κ2) is 7.30. The van der Waals surface area contributed by atoms with Crippen LogP contribution in [-0.2, 0) is 4.79 Å². The first-order chi connectivity index (χ1) is 7.34. The Morgan fingerprint density at radius 2 is 2.07 bits per heavy atom. The van der Waals surface area contributed by atoms with Crippen LogP contribution in [0.2, 0.25) is 0 Å². The van der Waals surface area contributed by atoms with Crippen molar-refractivity contribution in [2.75, 3.05) is 26.2 Å². The molecule has 0 radical (unpaired) electrons. The molecule has 0 aromatic carbocycles. The molecule has 0 spiro atoms. The highest BCUT2D eigenvalue weighted by Crippen LogP contribution is 2.08. The number of hydrogen-bond donors (Lipinski definition) is 1. The Labute approximate surface area is 92.2 Å². The summed E-state index contributed by atoms with van der Waals surface area (Å²) in [4.78, 5) is 13.6. The third-order valence-electron chi connectivity index (χ3n) is 2.66. The maximum Gasteiger partial charge on any atom is 0.236 e. The average molecular weight is 208 g/mol. The van der Waals surface area contributed by atoms with E-state index in [0.717, 1.165) is 45.3 Å². The van der Waals surface area contributed by atoms with E-state index in [9.17, 15) is 4.79 Å². The maximum atomic E-state index is 11.7. The molecule has 1 saturated heterocycles. The van der Waals surface area contributed by atoms with Crippen molar-refractivity contribution in [3.63, 3.8) is 0 Å². The number of piperidine rings is 1. The van der Waals surface area contributed by atoms with E-state index in [1.54, 1.807) is 0 Å². The zero-order valence-corrected chi connectivity index (χ0v) is 9.30. The summed E-state index contributed by atoms with van der Waals surface area (Å²) >= 11 is 0. The van der Waals surface area contributed by atoms with Crippen molar-refractivity contribution in [1.29, 1.82) is 0 Å². The summed E-state index contributed by atoms with van der Waals surface area (Å²) in [6.45, 7) is 3.17. The van der Waals surface area contributed by atoms with E-state index < -0.39 is 0 Å². The predicted octanol–water partition coefficient (Wildman–Crippen LogP) is 1.00. The Morgan fingerprint density at radius 1 is 1.33 bits per heavy atom. The monoisotopic (exact) mass is 208 g/mol. The van der Waals surface area contributed by atoms with Gasteiger partial charge in [0.25, 0.3) is 0 Å². The molecule has 3 heteroatoms. The summed E-state index contributed by atoms with van der Waals surface area (Å²) in [6.07, 6.45) is 10.4. The van der Waals surface area contributed by atoms with E-state index in [1.165, 1.54) is 6.42 Å². The maximum absolute atomic E-state index is 11.7. The minimum atomic E-state index is 0.232. The third-order valence-corrected chi connectivity index (χ3v) is 2.66. The van der Waals surface area contributed by atoms with Crippen molar-refractivity contribution in [1.82, 2.24) is 10.2 Å². The normalized spacial score (nSPS) is 16.1. The first-order valence-electron chi connectivity index (χ1n) is 5.76. The summed E-state index contributed by atoms with van der Waals surface area (Å²) < 4.78 is 0. The number of likely N-dealkylation sites (tertiary alicyclic amines) is 1. The fourth-order valence-electron chi connectivity index (χ4n) is 1.77. The molecule has 3 nitrogen and oxygen atoms in total. The van der Waals surface area contributed by atoms with Gasteiger partial charge in [-0.05, 0) is 32.2 Å². The Balaban J connectivity index is 2.05. The molecule has 1 aliphatic rings. The van der Waals surface area contributed by atoms with Gasteiger partial charge in [0.15, 0.2) is 0 Å². The minimum absolute atomic E-state index is 0.232. The highest BCUT2D eigenvalue weighted by Gasteiger charge is 2.15. The van der Waals surface area contributed by atoms with Gasteiger partial charge in [-0.3, -0.25) is 4.79 Å². The number of amides is 1. The molecule has 0 aromatic rings.